The van der Waals surface area contributed by atoms with Gasteiger partial charge in [0.1, 0.15) is 0 Å². The highest BCUT2D eigenvalue weighted by atomic mass is 16.1. The van der Waals surface area contributed by atoms with Gasteiger partial charge >= 0.3 is 0 Å². The lowest BCUT2D eigenvalue weighted by atomic mass is 9.87. The lowest BCUT2D eigenvalue weighted by Crippen LogP contribution is -2.01. The van der Waals surface area contributed by atoms with Crippen LogP contribution in [0.15, 0.2) is 42.0 Å². The van der Waals surface area contributed by atoms with E-state index < -0.39 is 0 Å². The van der Waals surface area contributed by atoms with Crippen molar-refractivity contribution in [3.05, 3.63) is 47.5 Å². The Morgan fingerprint density at radius 1 is 1.16 bits per heavy atom. The Morgan fingerprint density at radius 3 is 2.42 bits per heavy atom. The van der Waals surface area contributed by atoms with Gasteiger partial charge in [-0.1, -0.05) is 62.1 Å². The number of benzene rings is 1. The summed E-state index contributed by atoms with van der Waals surface area (Å²) in [6, 6.07) is 10.7. The first-order valence-corrected chi connectivity index (χ1v) is 7.36. The summed E-state index contributed by atoms with van der Waals surface area (Å²) in [5.74, 6) is 0.696. The van der Waals surface area contributed by atoms with Crippen molar-refractivity contribution in [1.29, 1.82) is 0 Å². The van der Waals surface area contributed by atoms with Gasteiger partial charge in [-0.3, -0.25) is 4.79 Å². The minimum absolute atomic E-state index is 0.151. The summed E-state index contributed by atoms with van der Waals surface area (Å²) in [7, 11) is 0. The number of hydrogen-bond donors (Lipinski definition) is 0. The van der Waals surface area contributed by atoms with Crippen molar-refractivity contribution in [2.24, 2.45) is 0 Å². The molecule has 0 heterocycles. The van der Waals surface area contributed by atoms with Crippen LogP contribution in [-0.2, 0) is 4.79 Å². The van der Waals surface area contributed by atoms with Crippen molar-refractivity contribution in [2.75, 3.05) is 0 Å². The molecule has 1 aromatic carbocycles. The maximum atomic E-state index is 11.2. The topological polar surface area (TPSA) is 17.1 Å². The van der Waals surface area contributed by atoms with Gasteiger partial charge in [0, 0.05) is 0 Å². The van der Waals surface area contributed by atoms with E-state index in [1.165, 1.54) is 36.8 Å². The van der Waals surface area contributed by atoms with E-state index in [2.05, 4.69) is 44.2 Å². The number of unbranched alkanes of at least 4 members (excludes halogenated alkanes) is 2. The normalized spacial score (nSPS) is 13.3. The van der Waals surface area contributed by atoms with Crippen LogP contribution in [0.2, 0.25) is 0 Å². The van der Waals surface area contributed by atoms with Crippen LogP contribution < -0.4 is 0 Å². The van der Waals surface area contributed by atoms with E-state index in [0.29, 0.717) is 5.92 Å². The molecule has 0 N–H and O–H groups in total. The molecule has 0 unspecified atom stereocenters. The summed E-state index contributed by atoms with van der Waals surface area (Å²) in [4.78, 5) is 11.2. The monoisotopic (exact) mass is 258 g/mol. The molecule has 1 heteroatoms. The van der Waals surface area contributed by atoms with Gasteiger partial charge in [0.15, 0.2) is 5.78 Å². The van der Waals surface area contributed by atoms with Gasteiger partial charge in [0.25, 0.3) is 0 Å². The maximum Gasteiger partial charge on any atom is 0.152 e. The molecule has 1 rings (SSSR count). The quantitative estimate of drug-likeness (QED) is 0.458. The van der Waals surface area contributed by atoms with Gasteiger partial charge in [-0.2, -0.15) is 0 Å². The number of carbonyl (C=O) groups excluding carboxylic acids is 1. The molecule has 0 spiro atoms. The van der Waals surface area contributed by atoms with E-state index in [4.69, 9.17) is 0 Å². The Morgan fingerprint density at radius 2 is 1.84 bits per heavy atom. The van der Waals surface area contributed by atoms with Crippen LogP contribution >= 0.6 is 0 Å². The second-order valence-corrected chi connectivity index (χ2v) is 5.41. The molecule has 0 saturated carbocycles. The number of allylic oxidation sites excluding steroid dienone is 2. The second-order valence-electron chi connectivity index (χ2n) is 5.41. The highest BCUT2D eigenvalue weighted by molar-refractivity contribution is 5.87. The highest BCUT2D eigenvalue weighted by Gasteiger charge is 2.11. The zero-order valence-electron chi connectivity index (χ0n) is 12.5. The first kappa shape index (κ1) is 15.7. The third-order valence-corrected chi connectivity index (χ3v) is 3.45. The van der Waals surface area contributed by atoms with Crippen LogP contribution in [0.5, 0.6) is 0 Å². The van der Waals surface area contributed by atoms with Crippen LogP contribution in [-0.4, -0.2) is 5.78 Å². The molecule has 1 atom stereocenters. The molecule has 1 aromatic rings. The summed E-state index contributed by atoms with van der Waals surface area (Å²) in [5, 5.41) is 0. The highest BCUT2D eigenvalue weighted by Crippen LogP contribution is 2.28. The molecule has 1 nitrogen and oxygen atoms in total. The Kier molecular flexibility index (Phi) is 7.17. The average molecular weight is 258 g/mol. The van der Waals surface area contributed by atoms with Crippen molar-refractivity contribution in [1.82, 2.24) is 0 Å². The zero-order chi connectivity index (χ0) is 14.1. The molecular weight excluding hydrogens is 232 g/mol. The lowest BCUT2D eigenvalue weighted by molar-refractivity contribution is -0.112. The lowest BCUT2D eigenvalue weighted by Gasteiger charge is -2.17. The van der Waals surface area contributed by atoms with Gasteiger partial charge in [-0.25, -0.2) is 0 Å². The Labute approximate surface area is 117 Å². The SMILES string of the molecule is CCCCC[C@H](C/C(C)=C\C(C)=O)c1ccccc1. The standard InChI is InChI=1S/C18H26O/c1-4-5-7-12-18(14-15(2)13-16(3)19)17-10-8-6-9-11-17/h6,8-11,13,18H,4-5,7,12,14H2,1-3H3/b15-13-/t18-/m1/s1. The smallest absolute Gasteiger partial charge is 0.152 e. The molecule has 0 amide bonds. The van der Waals surface area contributed by atoms with E-state index in [9.17, 15) is 4.79 Å². The molecule has 0 aliphatic rings. The first-order valence-electron chi connectivity index (χ1n) is 7.36. The van der Waals surface area contributed by atoms with Gasteiger partial charge in [-0.05, 0) is 44.2 Å². The first-order chi connectivity index (χ1) is 9.13. The van der Waals surface area contributed by atoms with E-state index in [0.717, 1.165) is 6.42 Å². The summed E-state index contributed by atoms with van der Waals surface area (Å²) >= 11 is 0. The average Bonchev–Trinajstić information content (AvgIpc) is 2.38. The molecule has 0 bridgehead atoms. The van der Waals surface area contributed by atoms with Gasteiger partial charge in [0.05, 0.1) is 0 Å². The van der Waals surface area contributed by atoms with Crippen LogP contribution in [0.25, 0.3) is 0 Å². The second kappa shape index (κ2) is 8.68. The molecule has 0 radical (unpaired) electrons. The minimum atomic E-state index is 0.151. The molecular formula is C18H26O. The zero-order valence-corrected chi connectivity index (χ0v) is 12.5. The Balaban J connectivity index is 2.72. The van der Waals surface area contributed by atoms with Crippen molar-refractivity contribution < 1.29 is 4.79 Å². The number of carbonyl (C=O) groups is 1. The molecule has 0 aliphatic heterocycles. The van der Waals surface area contributed by atoms with E-state index in [1.54, 1.807) is 13.0 Å². The predicted octanol–water partition coefficient (Wildman–Crippen LogP) is 5.28. The fourth-order valence-electron chi connectivity index (χ4n) is 2.55. The predicted molar refractivity (Wildman–Crippen MR) is 82.4 cm³/mol. The van der Waals surface area contributed by atoms with Crippen LogP contribution in [0, 0.1) is 0 Å². The minimum Gasteiger partial charge on any atom is -0.295 e. The van der Waals surface area contributed by atoms with Gasteiger partial charge in [0.2, 0.25) is 0 Å². The maximum absolute atomic E-state index is 11.2. The van der Waals surface area contributed by atoms with Gasteiger partial charge < -0.3 is 0 Å². The summed E-state index contributed by atoms with van der Waals surface area (Å²) in [6.07, 6.45) is 7.79. The van der Waals surface area contributed by atoms with Crippen molar-refractivity contribution >= 4 is 5.78 Å². The van der Waals surface area contributed by atoms with Crippen LogP contribution in [0.3, 0.4) is 0 Å². The van der Waals surface area contributed by atoms with Crippen molar-refractivity contribution in [2.45, 2.75) is 58.8 Å². The van der Waals surface area contributed by atoms with Crippen molar-refractivity contribution in [3.63, 3.8) is 0 Å². The number of hydrogen-bond acceptors (Lipinski definition) is 1. The third-order valence-electron chi connectivity index (χ3n) is 3.45. The largest absolute Gasteiger partial charge is 0.295 e. The summed E-state index contributed by atoms with van der Waals surface area (Å²) < 4.78 is 0. The van der Waals surface area contributed by atoms with Crippen LogP contribution in [0.1, 0.15) is 64.4 Å². The summed E-state index contributed by atoms with van der Waals surface area (Å²) in [6.45, 7) is 5.92. The number of ketones is 1. The number of rotatable bonds is 8. The molecule has 0 saturated heterocycles. The fraction of sp³-hybridized carbons (Fsp3) is 0.500. The molecule has 104 valence electrons. The van der Waals surface area contributed by atoms with E-state index in [1.807, 2.05) is 0 Å². The third kappa shape index (κ3) is 6.37. The molecule has 0 fully saturated rings. The molecule has 0 aliphatic carbocycles. The van der Waals surface area contributed by atoms with Crippen molar-refractivity contribution in [3.8, 4) is 0 Å². The Hall–Kier alpha value is -1.37. The van der Waals surface area contributed by atoms with Gasteiger partial charge in [-0.15, -0.1) is 0 Å². The van der Waals surface area contributed by atoms with E-state index >= 15 is 0 Å². The van der Waals surface area contributed by atoms with Crippen LogP contribution in [0.4, 0.5) is 0 Å². The molecule has 19 heavy (non-hydrogen) atoms. The fourth-order valence-corrected chi connectivity index (χ4v) is 2.55. The van der Waals surface area contributed by atoms with E-state index in [-0.39, 0.29) is 5.78 Å². The molecule has 0 aromatic heterocycles. The summed E-state index contributed by atoms with van der Waals surface area (Å²) in [5.41, 5.74) is 2.59. The Bertz CT molecular complexity index is 403.